The normalized spacial score (nSPS) is 14.7. The number of amides is 3. The number of imide groups is 1. The zero-order valence-electron chi connectivity index (χ0n) is 20.4. The zero-order valence-corrected chi connectivity index (χ0v) is 20.4. The highest BCUT2D eigenvalue weighted by Gasteiger charge is 2.52. The Labute approximate surface area is 214 Å². The summed E-state index contributed by atoms with van der Waals surface area (Å²) in [5.41, 5.74) is 0.0694. The van der Waals surface area contributed by atoms with Gasteiger partial charge in [-0.15, -0.1) is 0 Å². The Hall–Kier alpha value is -4.65. The number of ether oxygens (including phenoxy) is 2. The summed E-state index contributed by atoms with van der Waals surface area (Å²) in [6.07, 6.45) is 0. The number of hydrogen-bond donors (Lipinski definition) is 0. The molecule has 1 fully saturated rings. The quantitative estimate of drug-likeness (QED) is 0.255. The lowest BCUT2D eigenvalue weighted by atomic mass is 10.0. The second kappa shape index (κ2) is 9.78. The molecular weight excluding hydrogens is 471 g/mol. The standard InChI is InChI=1S/C30H25FN2O4/c1-30(2)28(34)33(26-13-6-7-14-27(26)37-23-10-4-3-5-11-23)29(35)32(30)20-21-9-8-12-25(19-21)36-24-17-15-22(31)16-18-24/h3-19H,20H2,1-2H3. The van der Waals surface area contributed by atoms with E-state index in [0.29, 0.717) is 28.7 Å². The molecule has 5 rings (SSSR count). The number of carbonyl (C=O) groups is 2. The van der Waals surface area contributed by atoms with Gasteiger partial charge in [0, 0.05) is 6.54 Å². The van der Waals surface area contributed by atoms with Gasteiger partial charge < -0.3 is 14.4 Å². The molecule has 186 valence electrons. The number of hydrogen-bond acceptors (Lipinski definition) is 4. The monoisotopic (exact) mass is 496 g/mol. The van der Waals surface area contributed by atoms with E-state index in [2.05, 4.69) is 0 Å². The van der Waals surface area contributed by atoms with Gasteiger partial charge in [0.15, 0.2) is 5.75 Å². The van der Waals surface area contributed by atoms with Gasteiger partial charge in [0.1, 0.15) is 28.6 Å². The van der Waals surface area contributed by atoms with E-state index in [1.165, 1.54) is 21.9 Å². The first kappa shape index (κ1) is 24.1. The van der Waals surface area contributed by atoms with E-state index in [1.54, 1.807) is 62.4 Å². The lowest BCUT2D eigenvalue weighted by Crippen LogP contribution is -2.43. The Morgan fingerprint density at radius 1 is 0.730 bits per heavy atom. The van der Waals surface area contributed by atoms with Gasteiger partial charge in [-0.05, 0) is 80.1 Å². The summed E-state index contributed by atoms with van der Waals surface area (Å²) in [6, 6.07) is 28.7. The maximum Gasteiger partial charge on any atom is 0.332 e. The van der Waals surface area contributed by atoms with Crippen LogP contribution in [0.1, 0.15) is 19.4 Å². The van der Waals surface area contributed by atoms with Crippen molar-refractivity contribution >= 4 is 17.6 Å². The lowest BCUT2D eigenvalue weighted by molar-refractivity contribution is -0.123. The van der Waals surface area contributed by atoms with Crippen molar-refractivity contribution in [2.45, 2.75) is 25.9 Å². The molecule has 1 aliphatic rings. The Morgan fingerprint density at radius 2 is 1.38 bits per heavy atom. The molecule has 0 saturated carbocycles. The van der Waals surface area contributed by atoms with Gasteiger partial charge in [-0.3, -0.25) is 4.79 Å². The van der Waals surface area contributed by atoms with Gasteiger partial charge >= 0.3 is 6.03 Å². The second-order valence-corrected chi connectivity index (χ2v) is 9.15. The Morgan fingerprint density at radius 3 is 2.14 bits per heavy atom. The van der Waals surface area contributed by atoms with E-state index in [1.807, 2.05) is 42.5 Å². The summed E-state index contributed by atoms with van der Waals surface area (Å²) < 4.78 is 25.1. The van der Waals surface area contributed by atoms with Gasteiger partial charge in [-0.25, -0.2) is 14.1 Å². The highest BCUT2D eigenvalue weighted by Crippen LogP contribution is 2.39. The number of para-hydroxylation sites is 3. The third kappa shape index (κ3) is 4.89. The molecule has 6 nitrogen and oxygen atoms in total. The molecule has 4 aromatic carbocycles. The maximum absolute atomic E-state index is 13.7. The van der Waals surface area contributed by atoms with Gasteiger partial charge in [-0.1, -0.05) is 42.5 Å². The molecule has 1 heterocycles. The van der Waals surface area contributed by atoms with E-state index in [9.17, 15) is 14.0 Å². The van der Waals surface area contributed by atoms with Crippen LogP contribution in [-0.4, -0.2) is 22.4 Å². The molecule has 1 saturated heterocycles. The summed E-state index contributed by atoms with van der Waals surface area (Å²) in [7, 11) is 0. The van der Waals surface area contributed by atoms with Gasteiger partial charge in [-0.2, -0.15) is 0 Å². The van der Waals surface area contributed by atoms with Crippen molar-refractivity contribution in [3.8, 4) is 23.0 Å². The van der Waals surface area contributed by atoms with Crippen LogP contribution < -0.4 is 14.4 Å². The van der Waals surface area contributed by atoms with Gasteiger partial charge in [0.05, 0.1) is 5.69 Å². The lowest BCUT2D eigenvalue weighted by Gasteiger charge is -2.27. The SMILES string of the molecule is CC1(C)C(=O)N(c2ccccc2Oc2ccccc2)C(=O)N1Cc1cccc(Oc2ccc(F)cc2)c1. The minimum Gasteiger partial charge on any atom is -0.457 e. The van der Waals surface area contributed by atoms with Crippen molar-refractivity contribution in [3.05, 3.63) is 115 Å². The van der Waals surface area contributed by atoms with Crippen LogP contribution in [-0.2, 0) is 11.3 Å². The number of nitrogens with zero attached hydrogens (tertiary/aromatic N) is 2. The molecule has 3 amide bonds. The zero-order chi connectivity index (χ0) is 26.0. The summed E-state index contributed by atoms with van der Waals surface area (Å²) in [5, 5.41) is 0. The third-order valence-electron chi connectivity index (χ3n) is 6.19. The molecule has 1 aliphatic heterocycles. The van der Waals surface area contributed by atoms with Crippen molar-refractivity contribution in [3.63, 3.8) is 0 Å². The molecule has 4 aromatic rings. The van der Waals surface area contributed by atoms with E-state index >= 15 is 0 Å². The van der Waals surface area contributed by atoms with Crippen LogP contribution >= 0.6 is 0 Å². The van der Waals surface area contributed by atoms with Crippen molar-refractivity contribution < 1.29 is 23.5 Å². The first-order chi connectivity index (χ1) is 17.8. The number of benzene rings is 4. The Kier molecular flexibility index (Phi) is 6.36. The molecule has 0 bridgehead atoms. The van der Waals surface area contributed by atoms with Crippen LogP contribution in [0.15, 0.2) is 103 Å². The number of halogens is 1. The maximum atomic E-state index is 13.7. The molecule has 7 heteroatoms. The molecule has 0 radical (unpaired) electrons. The minimum atomic E-state index is -1.09. The van der Waals surface area contributed by atoms with E-state index in [0.717, 1.165) is 5.56 Å². The molecular formula is C30H25FN2O4. The number of anilines is 1. The molecule has 0 N–H and O–H groups in total. The first-order valence-electron chi connectivity index (χ1n) is 11.8. The average molecular weight is 497 g/mol. The highest BCUT2D eigenvalue weighted by molar-refractivity contribution is 6.23. The van der Waals surface area contributed by atoms with Crippen LogP contribution in [0, 0.1) is 5.82 Å². The predicted molar refractivity (Wildman–Crippen MR) is 138 cm³/mol. The van der Waals surface area contributed by atoms with E-state index < -0.39 is 11.6 Å². The Balaban J connectivity index is 1.40. The fraction of sp³-hybridized carbons (Fsp3) is 0.133. The fourth-order valence-electron chi connectivity index (χ4n) is 4.19. The molecule has 0 spiro atoms. The van der Waals surface area contributed by atoms with Crippen LogP contribution in [0.5, 0.6) is 23.0 Å². The van der Waals surface area contributed by atoms with Crippen LogP contribution in [0.3, 0.4) is 0 Å². The predicted octanol–water partition coefficient (Wildman–Crippen LogP) is 7.16. The minimum absolute atomic E-state index is 0.191. The highest BCUT2D eigenvalue weighted by atomic mass is 19.1. The first-order valence-corrected chi connectivity index (χ1v) is 11.8. The topological polar surface area (TPSA) is 59.1 Å². The van der Waals surface area contributed by atoms with Crippen molar-refractivity contribution in [1.82, 2.24) is 4.90 Å². The van der Waals surface area contributed by atoms with E-state index in [-0.39, 0.29) is 18.3 Å². The van der Waals surface area contributed by atoms with Gasteiger partial charge in [0.2, 0.25) is 0 Å². The van der Waals surface area contributed by atoms with Crippen molar-refractivity contribution in [2.24, 2.45) is 0 Å². The van der Waals surface area contributed by atoms with Crippen LogP contribution in [0.2, 0.25) is 0 Å². The van der Waals surface area contributed by atoms with Crippen LogP contribution in [0.25, 0.3) is 0 Å². The van der Waals surface area contributed by atoms with Gasteiger partial charge in [0.25, 0.3) is 5.91 Å². The van der Waals surface area contributed by atoms with Crippen molar-refractivity contribution in [1.29, 1.82) is 0 Å². The summed E-state index contributed by atoms with van der Waals surface area (Å²) in [5.74, 6) is 1.35. The Bertz CT molecular complexity index is 1440. The second-order valence-electron chi connectivity index (χ2n) is 9.15. The molecule has 0 atom stereocenters. The molecule has 0 aromatic heterocycles. The summed E-state index contributed by atoms with van der Waals surface area (Å²) in [6.45, 7) is 3.65. The number of carbonyl (C=O) groups excluding carboxylic acids is 2. The molecule has 0 unspecified atom stereocenters. The summed E-state index contributed by atoms with van der Waals surface area (Å²) >= 11 is 0. The number of rotatable bonds is 7. The third-order valence-corrected chi connectivity index (χ3v) is 6.19. The fourth-order valence-corrected chi connectivity index (χ4v) is 4.19. The summed E-state index contributed by atoms with van der Waals surface area (Å²) in [4.78, 5) is 29.9. The van der Waals surface area contributed by atoms with Crippen molar-refractivity contribution in [2.75, 3.05) is 4.90 Å². The largest absolute Gasteiger partial charge is 0.457 e. The molecule has 37 heavy (non-hydrogen) atoms. The van der Waals surface area contributed by atoms with E-state index in [4.69, 9.17) is 9.47 Å². The average Bonchev–Trinajstić information content (AvgIpc) is 3.06. The smallest absolute Gasteiger partial charge is 0.332 e. The number of urea groups is 1. The molecule has 0 aliphatic carbocycles. The van der Waals surface area contributed by atoms with Crippen LogP contribution in [0.4, 0.5) is 14.9 Å².